The molecule has 2 heterocycles. The number of unbranched alkanes of at least 4 members (excludes halogenated alkanes) is 2. The van der Waals surface area contributed by atoms with Crippen LogP contribution in [0.25, 0.3) is 0 Å². The lowest BCUT2D eigenvalue weighted by molar-refractivity contribution is -0.141. The van der Waals surface area contributed by atoms with Gasteiger partial charge in [-0.1, -0.05) is 24.1 Å². The van der Waals surface area contributed by atoms with Gasteiger partial charge in [-0.25, -0.2) is 0 Å². The Morgan fingerprint density at radius 3 is 2.48 bits per heavy atom. The number of aliphatic carboxylic acids is 1. The molecule has 2 N–H and O–H groups in total. The van der Waals surface area contributed by atoms with Crippen molar-refractivity contribution in [1.29, 1.82) is 0 Å². The molecule has 214 valence electrons. The van der Waals surface area contributed by atoms with Crippen LogP contribution in [0.4, 0.5) is 0 Å². The Morgan fingerprint density at radius 2 is 1.80 bits per heavy atom. The molecule has 2 aliphatic carbocycles. The van der Waals surface area contributed by atoms with Crippen LogP contribution in [0.5, 0.6) is 11.5 Å². The predicted octanol–water partition coefficient (Wildman–Crippen LogP) is 3.03. The van der Waals surface area contributed by atoms with Crippen LogP contribution in [0.15, 0.2) is 29.8 Å². The Kier molecular flexibility index (Phi) is 7.15. The normalized spacial score (nSPS) is 33.0. The zero-order valence-corrected chi connectivity index (χ0v) is 23.6. The number of allylic oxidation sites excluding steroid dienone is 2. The number of aromatic hydroxyl groups is 1. The summed E-state index contributed by atoms with van der Waals surface area (Å²) in [5.41, 5.74) is 0.746. The van der Waals surface area contributed by atoms with Gasteiger partial charge < -0.3 is 14.9 Å². The number of alkyl halides is 2. The summed E-state index contributed by atoms with van der Waals surface area (Å²) in [5.74, 6) is -6.32. The highest BCUT2D eigenvalue weighted by molar-refractivity contribution is 6.53. The summed E-state index contributed by atoms with van der Waals surface area (Å²) in [6, 6.07) is 4.59. The van der Waals surface area contributed by atoms with Gasteiger partial charge in [0.15, 0.2) is 9.75 Å². The van der Waals surface area contributed by atoms with Crippen molar-refractivity contribution in [1.82, 2.24) is 9.80 Å². The quantitative estimate of drug-likeness (QED) is 0.203. The van der Waals surface area contributed by atoms with Gasteiger partial charge in [0.25, 0.3) is 11.8 Å². The lowest BCUT2D eigenvalue weighted by Gasteiger charge is -2.51. The fraction of sp³-hybridized carbons (Fsp3) is 0.536. The average molecular weight is 593 g/mol. The smallest absolute Gasteiger partial charge is 0.303 e. The molecule has 0 unspecified atom stereocenters. The Bertz CT molecular complexity index is 1350. The highest BCUT2D eigenvalue weighted by atomic mass is 35.5. The van der Waals surface area contributed by atoms with Crippen LogP contribution < -0.4 is 4.74 Å². The number of benzene rings is 1. The van der Waals surface area contributed by atoms with E-state index in [0.717, 1.165) is 4.90 Å². The van der Waals surface area contributed by atoms with Crippen molar-refractivity contribution in [2.45, 2.75) is 54.2 Å². The van der Waals surface area contributed by atoms with E-state index in [1.807, 2.05) is 0 Å². The van der Waals surface area contributed by atoms with Crippen molar-refractivity contribution in [3.8, 4) is 11.5 Å². The molecular weight excluding hydrogens is 563 g/mol. The number of fused-ring (bicyclic) bond motifs is 4. The maximum atomic E-state index is 13.8. The summed E-state index contributed by atoms with van der Waals surface area (Å²) in [5, 5.41) is 19.9. The molecule has 1 aromatic carbocycles. The number of phenolic OH excluding ortho intramolecular Hbond substituents is 1. The number of nitrogens with zero attached hydrogens (tertiary/aromatic N) is 2. The van der Waals surface area contributed by atoms with Crippen LogP contribution in [0, 0.1) is 17.8 Å². The second-order valence-electron chi connectivity index (χ2n) is 10.9. The molecule has 5 rings (SSSR count). The number of carbonyl (C=O) groups is 5. The van der Waals surface area contributed by atoms with Crippen LogP contribution in [-0.4, -0.2) is 80.1 Å². The Labute approximate surface area is 240 Å². The summed E-state index contributed by atoms with van der Waals surface area (Å²) in [6.45, 7) is 0.161. The van der Waals surface area contributed by atoms with Crippen molar-refractivity contribution in [2.24, 2.45) is 17.8 Å². The number of hydrogen-bond acceptors (Lipinski definition) is 7. The molecule has 4 aliphatic rings. The van der Waals surface area contributed by atoms with Crippen LogP contribution >= 0.6 is 23.2 Å². The third-order valence-corrected chi connectivity index (χ3v) is 10.3. The molecule has 1 aromatic rings. The first-order valence-electron chi connectivity index (χ1n) is 13.2. The number of amides is 4. The summed E-state index contributed by atoms with van der Waals surface area (Å²) in [6.07, 6.45) is 3.33. The number of halogens is 2. The van der Waals surface area contributed by atoms with E-state index < -0.39 is 51.2 Å². The molecule has 0 bridgehead atoms. The van der Waals surface area contributed by atoms with Gasteiger partial charge in [0.2, 0.25) is 11.8 Å². The van der Waals surface area contributed by atoms with E-state index in [9.17, 15) is 29.1 Å². The van der Waals surface area contributed by atoms with Crippen molar-refractivity contribution < 1.29 is 38.9 Å². The molecule has 0 aromatic heterocycles. The van der Waals surface area contributed by atoms with Gasteiger partial charge in [-0.2, -0.15) is 0 Å². The minimum atomic E-state index is -2.02. The number of imide groups is 2. The van der Waals surface area contributed by atoms with E-state index in [1.165, 1.54) is 25.1 Å². The van der Waals surface area contributed by atoms with Gasteiger partial charge in [-0.05, 0) is 43.7 Å². The Morgan fingerprint density at radius 1 is 1.07 bits per heavy atom. The highest BCUT2D eigenvalue weighted by Gasteiger charge is 2.76. The molecule has 0 radical (unpaired) electrons. The molecule has 2 aliphatic heterocycles. The molecular formula is C28H30Cl2N2O8. The first-order valence-corrected chi connectivity index (χ1v) is 14.0. The van der Waals surface area contributed by atoms with Crippen molar-refractivity contribution in [3.05, 3.63) is 35.4 Å². The zero-order valence-electron chi connectivity index (χ0n) is 22.1. The van der Waals surface area contributed by atoms with E-state index in [0.29, 0.717) is 24.8 Å². The number of methoxy groups -OCH3 is 1. The third kappa shape index (κ3) is 3.86. The number of rotatable bonds is 8. The largest absolute Gasteiger partial charge is 0.508 e. The van der Waals surface area contributed by atoms with Gasteiger partial charge in [-0.3, -0.25) is 33.8 Å². The van der Waals surface area contributed by atoms with Crippen molar-refractivity contribution in [3.63, 3.8) is 0 Å². The number of ether oxygens (including phenoxy) is 1. The predicted molar refractivity (Wildman–Crippen MR) is 143 cm³/mol. The van der Waals surface area contributed by atoms with E-state index in [4.69, 9.17) is 33.0 Å². The molecule has 2 saturated heterocycles. The highest BCUT2D eigenvalue weighted by Crippen LogP contribution is 2.66. The maximum absolute atomic E-state index is 13.8. The van der Waals surface area contributed by atoms with Gasteiger partial charge >= 0.3 is 5.97 Å². The van der Waals surface area contributed by atoms with Crippen molar-refractivity contribution >= 4 is 52.8 Å². The van der Waals surface area contributed by atoms with Gasteiger partial charge in [0.05, 0.1) is 18.9 Å². The van der Waals surface area contributed by atoms with Crippen LogP contribution in [0.3, 0.4) is 0 Å². The van der Waals surface area contributed by atoms with Gasteiger partial charge in [-0.15, -0.1) is 23.2 Å². The SMILES string of the molecule is COc1cccc(O)c1[C@H]1C2=CC[C@@H]3C(=O)N(CCCCCC(=O)O)C(=O)[C@@H]3[C@@H]2C[C@@]2(Cl)C(=O)N(C)C(=O)[C@@]12Cl. The number of hydrogen-bond donors (Lipinski definition) is 2. The van der Waals surface area contributed by atoms with E-state index >= 15 is 0 Å². The fourth-order valence-corrected chi connectivity index (χ4v) is 8.07. The minimum absolute atomic E-state index is 0.0128. The standard InChI is InChI=1S/C28H30Cl2N2O8/c1-31-25(38)27(29)13-16-14(22(28(27,30)26(31)39)21-17(33)7-6-8-18(21)40-2)10-11-15-20(16)24(37)32(23(15)36)12-5-3-4-9-19(34)35/h6-8,10,15-16,20,22,33H,3-5,9,11-13H2,1-2H3,(H,34,35)/t15-,16+,20-,22+,27+,28-/m0/s1. The van der Waals surface area contributed by atoms with E-state index in [-0.39, 0.29) is 54.7 Å². The molecule has 12 heteroatoms. The first-order chi connectivity index (χ1) is 18.9. The number of phenols is 1. The lowest BCUT2D eigenvalue weighted by Crippen LogP contribution is -2.60. The summed E-state index contributed by atoms with van der Waals surface area (Å²) in [7, 11) is 2.70. The molecule has 4 amide bonds. The number of likely N-dealkylation sites (tertiary alicyclic amines) is 2. The zero-order chi connectivity index (χ0) is 29.1. The Hall–Kier alpha value is -3.11. The van der Waals surface area contributed by atoms with Gasteiger partial charge in [0, 0.05) is 31.5 Å². The topological polar surface area (TPSA) is 142 Å². The van der Waals surface area contributed by atoms with Gasteiger partial charge in [0.1, 0.15) is 11.5 Å². The molecule has 40 heavy (non-hydrogen) atoms. The minimum Gasteiger partial charge on any atom is -0.508 e. The number of carboxylic acids is 1. The number of carboxylic acid groups (broad SMARTS) is 1. The Balaban J connectivity index is 1.57. The van der Waals surface area contributed by atoms with Crippen LogP contribution in [-0.2, 0) is 24.0 Å². The summed E-state index contributed by atoms with van der Waals surface area (Å²) < 4.78 is 5.53. The van der Waals surface area contributed by atoms with E-state index in [2.05, 4.69) is 0 Å². The molecule has 0 spiro atoms. The summed E-state index contributed by atoms with van der Waals surface area (Å²) in [4.78, 5) is 63.2. The second kappa shape index (κ2) is 10.1. The first kappa shape index (κ1) is 28.4. The monoisotopic (exact) mass is 592 g/mol. The summed E-state index contributed by atoms with van der Waals surface area (Å²) >= 11 is 14.2. The van der Waals surface area contributed by atoms with E-state index in [1.54, 1.807) is 18.2 Å². The van der Waals surface area contributed by atoms with Crippen LogP contribution in [0.2, 0.25) is 0 Å². The van der Waals surface area contributed by atoms with Crippen LogP contribution in [0.1, 0.15) is 50.0 Å². The third-order valence-electron chi connectivity index (χ3n) is 8.93. The molecule has 1 saturated carbocycles. The molecule has 3 fully saturated rings. The lowest BCUT2D eigenvalue weighted by atomic mass is 9.56. The average Bonchev–Trinajstić information content (AvgIpc) is 3.23. The molecule has 6 atom stereocenters. The fourth-order valence-electron chi connectivity index (χ4n) is 7.07. The second-order valence-corrected chi connectivity index (χ2v) is 12.2. The van der Waals surface area contributed by atoms with Crippen molar-refractivity contribution in [2.75, 3.05) is 20.7 Å². The molecule has 10 nitrogen and oxygen atoms in total. The number of carbonyl (C=O) groups excluding carboxylic acids is 4. The maximum Gasteiger partial charge on any atom is 0.303 e.